The van der Waals surface area contributed by atoms with Crippen molar-refractivity contribution >= 4 is 33.4 Å². The van der Waals surface area contributed by atoms with Gasteiger partial charge in [-0.3, -0.25) is 9.59 Å². The van der Waals surface area contributed by atoms with Gasteiger partial charge in [0.2, 0.25) is 11.8 Å². The fourth-order valence-corrected chi connectivity index (χ4v) is 7.00. The van der Waals surface area contributed by atoms with Gasteiger partial charge < -0.3 is 14.5 Å². The molecule has 0 aliphatic carbocycles. The third kappa shape index (κ3) is 6.55. The van der Waals surface area contributed by atoms with Gasteiger partial charge in [0.05, 0.1) is 21.8 Å². The van der Waals surface area contributed by atoms with Crippen molar-refractivity contribution < 1.29 is 14.3 Å². The van der Waals surface area contributed by atoms with Crippen molar-refractivity contribution in [2.45, 2.75) is 64.7 Å². The van der Waals surface area contributed by atoms with Crippen LogP contribution < -0.4 is 4.74 Å². The monoisotopic (exact) mass is 533 g/mol. The second kappa shape index (κ2) is 12.3. The van der Waals surface area contributed by atoms with Crippen LogP contribution in [0, 0.1) is 5.41 Å². The molecule has 3 heterocycles. The molecule has 5 rings (SSSR count). The lowest BCUT2D eigenvalue weighted by atomic mass is 9.73. The van der Waals surface area contributed by atoms with Gasteiger partial charge in [0.15, 0.2) is 0 Å². The van der Waals surface area contributed by atoms with Crippen molar-refractivity contribution in [3.8, 4) is 5.75 Å². The predicted molar refractivity (Wildman–Crippen MR) is 153 cm³/mol. The highest BCUT2D eigenvalue weighted by Crippen LogP contribution is 2.38. The molecule has 1 fully saturated rings. The summed E-state index contributed by atoms with van der Waals surface area (Å²) in [6.07, 6.45) is 8.38. The Balaban J connectivity index is 1.27. The molecule has 0 radical (unpaired) electrons. The Labute approximate surface area is 230 Å². The third-order valence-electron chi connectivity index (χ3n) is 8.26. The second-order valence-electron chi connectivity index (χ2n) is 10.9. The van der Waals surface area contributed by atoms with E-state index in [1.54, 1.807) is 18.3 Å². The van der Waals surface area contributed by atoms with E-state index in [0.29, 0.717) is 19.6 Å². The number of hydrogen-bond donors (Lipinski definition) is 0. The quantitative estimate of drug-likeness (QED) is 0.420. The Morgan fingerprint density at radius 3 is 2.58 bits per heavy atom. The molecule has 2 aromatic carbocycles. The maximum Gasteiger partial charge on any atom is 0.222 e. The van der Waals surface area contributed by atoms with Crippen LogP contribution in [0.3, 0.4) is 0 Å². The van der Waals surface area contributed by atoms with Gasteiger partial charge in [-0.1, -0.05) is 36.8 Å². The number of ether oxygens (including phenoxy) is 1. The first-order valence-electron chi connectivity index (χ1n) is 14.1. The van der Waals surface area contributed by atoms with Crippen molar-refractivity contribution in [3.63, 3.8) is 0 Å². The molecule has 1 spiro atoms. The summed E-state index contributed by atoms with van der Waals surface area (Å²) < 4.78 is 7.42. The summed E-state index contributed by atoms with van der Waals surface area (Å²) in [5.74, 6) is 1.30. The summed E-state index contributed by atoms with van der Waals surface area (Å²) in [6.45, 7) is 5.07. The van der Waals surface area contributed by atoms with Crippen LogP contribution in [0.25, 0.3) is 10.2 Å². The Kier molecular flexibility index (Phi) is 8.62. The van der Waals surface area contributed by atoms with Crippen molar-refractivity contribution in [1.82, 2.24) is 14.8 Å². The molecule has 1 aromatic heterocycles. The lowest BCUT2D eigenvalue weighted by Crippen LogP contribution is -2.49. The highest BCUT2D eigenvalue weighted by atomic mass is 32.1. The van der Waals surface area contributed by atoms with Crippen LogP contribution in [-0.4, -0.2) is 59.4 Å². The number of benzene rings is 2. The first kappa shape index (κ1) is 26.7. The number of rotatable bonds is 4. The van der Waals surface area contributed by atoms with Gasteiger partial charge in [-0.05, 0) is 74.1 Å². The van der Waals surface area contributed by atoms with Crippen LogP contribution in [0.5, 0.6) is 5.75 Å². The number of carbonyl (C=O) groups excluding carboxylic acids is 2. The largest absolute Gasteiger partial charge is 0.491 e. The molecule has 38 heavy (non-hydrogen) atoms. The maximum absolute atomic E-state index is 13.6. The first-order chi connectivity index (χ1) is 18.5. The molecule has 0 N–H and O–H groups in total. The minimum absolute atomic E-state index is 0.0629. The number of para-hydroxylation sites is 2. The topological polar surface area (TPSA) is 62.7 Å². The molecule has 1 saturated heterocycles. The number of thiazole rings is 1. The molecule has 2 aliphatic heterocycles. The van der Waals surface area contributed by atoms with E-state index in [-0.39, 0.29) is 17.2 Å². The molecular formula is C31H39N3O3S. The van der Waals surface area contributed by atoms with Crippen molar-refractivity contribution in [1.29, 1.82) is 0 Å². The van der Waals surface area contributed by atoms with Gasteiger partial charge in [0.25, 0.3) is 0 Å². The lowest BCUT2D eigenvalue weighted by molar-refractivity contribution is -0.137. The van der Waals surface area contributed by atoms with E-state index in [4.69, 9.17) is 9.72 Å². The van der Waals surface area contributed by atoms with Crippen LogP contribution in [-0.2, 0) is 22.4 Å². The van der Waals surface area contributed by atoms with Crippen LogP contribution in [0.2, 0.25) is 0 Å². The summed E-state index contributed by atoms with van der Waals surface area (Å²) in [5.41, 5.74) is 2.35. The van der Waals surface area contributed by atoms with Crippen LogP contribution in [0.15, 0.2) is 48.5 Å². The Bertz CT molecular complexity index is 1210. The van der Waals surface area contributed by atoms with E-state index < -0.39 is 0 Å². The SMILES string of the molecule is CC(=O)N1CCC2(CCCCc3ccccc3OCCN(C(=O)CCCc3nc4ccccc4s3)C2)CC1. The maximum atomic E-state index is 13.6. The third-order valence-corrected chi connectivity index (χ3v) is 9.36. The lowest BCUT2D eigenvalue weighted by Gasteiger charge is -2.44. The summed E-state index contributed by atoms with van der Waals surface area (Å²) in [7, 11) is 0. The zero-order chi connectivity index (χ0) is 26.4. The zero-order valence-electron chi connectivity index (χ0n) is 22.5. The number of aryl methyl sites for hydroxylation is 2. The molecule has 2 aliphatic rings. The van der Waals surface area contributed by atoms with Crippen molar-refractivity contribution in [2.24, 2.45) is 5.41 Å². The number of amides is 2. The summed E-state index contributed by atoms with van der Waals surface area (Å²) >= 11 is 1.73. The average molecular weight is 534 g/mol. The van der Waals surface area contributed by atoms with E-state index >= 15 is 0 Å². The van der Waals surface area contributed by atoms with Crippen molar-refractivity contribution in [2.75, 3.05) is 32.8 Å². The Hall–Kier alpha value is -2.93. The number of aromatic nitrogens is 1. The summed E-state index contributed by atoms with van der Waals surface area (Å²) in [4.78, 5) is 34.4. The van der Waals surface area contributed by atoms with Gasteiger partial charge in [0.1, 0.15) is 12.4 Å². The molecule has 202 valence electrons. The minimum atomic E-state index is 0.0629. The number of likely N-dealkylation sites (tertiary alicyclic amines) is 1. The van der Waals surface area contributed by atoms with Gasteiger partial charge in [-0.25, -0.2) is 4.98 Å². The Morgan fingerprint density at radius 2 is 1.76 bits per heavy atom. The molecular weight excluding hydrogens is 494 g/mol. The molecule has 0 saturated carbocycles. The number of piperidine rings is 1. The van der Waals surface area contributed by atoms with Crippen LogP contribution >= 0.6 is 11.3 Å². The first-order valence-corrected chi connectivity index (χ1v) is 14.9. The normalized spacial score (nSPS) is 18.3. The number of carbonyl (C=O) groups is 2. The van der Waals surface area contributed by atoms with E-state index in [1.165, 1.54) is 10.3 Å². The number of fused-ring (bicyclic) bond motifs is 2. The highest BCUT2D eigenvalue weighted by molar-refractivity contribution is 7.18. The zero-order valence-corrected chi connectivity index (χ0v) is 23.3. The van der Waals surface area contributed by atoms with Gasteiger partial charge >= 0.3 is 0 Å². The number of hydrogen-bond acceptors (Lipinski definition) is 5. The summed E-state index contributed by atoms with van der Waals surface area (Å²) in [6, 6.07) is 16.5. The number of nitrogens with zero attached hydrogens (tertiary/aromatic N) is 3. The molecule has 0 unspecified atom stereocenters. The van der Waals surface area contributed by atoms with E-state index in [9.17, 15) is 9.59 Å². The standard InChI is InChI=1S/C31H39N3O3S/c1-24(35)33-19-17-31(18-20-33)16-7-6-10-25-9-2-4-12-27(25)37-22-21-34(23-31)30(36)15-8-14-29-32-26-11-3-5-13-28(26)38-29/h2-5,9,11-13H,6-8,10,14-23H2,1H3. The predicted octanol–water partition coefficient (Wildman–Crippen LogP) is 5.88. The van der Waals surface area contributed by atoms with Gasteiger partial charge in [-0.15, -0.1) is 11.3 Å². The molecule has 0 bridgehead atoms. The molecule has 0 atom stereocenters. The minimum Gasteiger partial charge on any atom is -0.491 e. The van der Waals surface area contributed by atoms with E-state index in [2.05, 4.69) is 23.1 Å². The van der Waals surface area contributed by atoms with Crippen molar-refractivity contribution in [3.05, 3.63) is 59.1 Å². The molecule has 6 nitrogen and oxygen atoms in total. The van der Waals surface area contributed by atoms with Gasteiger partial charge in [0, 0.05) is 33.0 Å². The van der Waals surface area contributed by atoms with E-state index in [1.807, 2.05) is 35.2 Å². The Morgan fingerprint density at radius 1 is 0.974 bits per heavy atom. The van der Waals surface area contributed by atoms with E-state index in [0.717, 1.165) is 87.3 Å². The highest BCUT2D eigenvalue weighted by Gasteiger charge is 2.37. The smallest absolute Gasteiger partial charge is 0.222 e. The second-order valence-corrected chi connectivity index (χ2v) is 12.0. The van der Waals surface area contributed by atoms with Crippen LogP contribution in [0.1, 0.15) is 62.4 Å². The fourth-order valence-electron chi connectivity index (χ4n) is 5.99. The fraction of sp³-hybridized carbons (Fsp3) is 0.516. The van der Waals surface area contributed by atoms with Crippen LogP contribution in [0.4, 0.5) is 0 Å². The molecule has 2 amide bonds. The van der Waals surface area contributed by atoms with Gasteiger partial charge in [-0.2, -0.15) is 0 Å². The average Bonchev–Trinajstić information content (AvgIpc) is 3.34. The molecule has 7 heteroatoms. The summed E-state index contributed by atoms with van der Waals surface area (Å²) in [5, 5.41) is 1.10. The molecule has 3 aromatic rings.